The topological polar surface area (TPSA) is 41.4 Å². The fourth-order valence-electron chi connectivity index (χ4n) is 3.98. The largest absolute Gasteiger partial charge is 0.305 e. The average molecular weight is 421 g/mol. The van der Waals surface area contributed by atoms with Crippen molar-refractivity contribution in [3.05, 3.63) is 38.9 Å². The van der Waals surface area contributed by atoms with Crippen LogP contribution in [0.15, 0.2) is 27.5 Å². The molecule has 2 aromatic rings. The average Bonchev–Trinajstić information content (AvgIpc) is 2.88. The number of rotatable bonds is 1. The van der Waals surface area contributed by atoms with Crippen molar-refractivity contribution in [3.63, 3.8) is 0 Å². The Hall–Kier alpha value is -1.24. The van der Waals surface area contributed by atoms with Gasteiger partial charge in [-0.15, -0.1) is 0 Å². The summed E-state index contributed by atoms with van der Waals surface area (Å²) < 4.78 is 2.84. The lowest BCUT2D eigenvalue weighted by Gasteiger charge is -2.34. The Morgan fingerprint density at radius 3 is 2.69 bits per heavy atom. The summed E-state index contributed by atoms with van der Waals surface area (Å²) in [7, 11) is 2.19. The Morgan fingerprint density at radius 1 is 1.08 bits per heavy atom. The Morgan fingerprint density at radius 2 is 1.88 bits per heavy atom. The molecule has 142 valence electrons. The van der Waals surface area contributed by atoms with Crippen molar-refractivity contribution in [2.75, 3.05) is 33.2 Å². The van der Waals surface area contributed by atoms with E-state index in [4.69, 9.17) is 4.98 Å². The van der Waals surface area contributed by atoms with E-state index in [-0.39, 0.29) is 11.6 Å². The minimum absolute atomic E-state index is 0.105. The summed E-state index contributed by atoms with van der Waals surface area (Å²) in [6.45, 7) is 9.16. The van der Waals surface area contributed by atoms with Gasteiger partial charge in [-0.05, 0) is 51.1 Å². The number of hydrogen-bond acceptors (Lipinski definition) is 4. The predicted octanol–water partition coefficient (Wildman–Crippen LogP) is 3.66. The number of fused-ring (bicyclic) bond motifs is 2. The van der Waals surface area contributed by atoms with Crippen molar-refractivity contribution >= 4 is 26.8 Å². The third-order valence-electron chi connectivity index (χ3n) is 5.30. The van der Waals surface area contributed by atoms with Crippen LogP contribution >= 0.6 is 15.9 Å². The van der Waals surface area contributed by atoms with Crippen LogP contribution in [-0.2, 0) is 6.54 Å². The van der Waals surface area contributed by atoms with Crippen molar-refractivity contribution < 1.29 is 0 Å². The molecule has 26 heavy (non-hydrogen) atoms. The monoisotopic (exact) mass is 420 g/mol. The molecule has 1 aromatic heterocycles. The summed E-state index contributed by atoms with van der Waals surface area (Å²) in [5.74, 6) is 0.964. The molecule has 1 saturated heterocycles. The number of benzene rings is 1. The molecule has 5 nitrogen and oxygen atoms in total. The summed E-state index contributed by atoms with van der Waals surface area (Å²) in [6, 6.07) is 6.07. The maximum atomic E-state index is 12.9. The first-order valence-electron chi connectivity index (χ1n) is 9.76. The highest BCUT2D eigenvalue weighted by molar-refractivity contribution is 9.10. The second-order valence-electron chi connectivity index (χ2n) is 6.94. The highest BCUT2D eigenvalue weighted by Crippen LogP contribution is 2.30. The molecule has 0 spiro atoms. The van der Waals surface area contributed by atoms with E-state index in [1.165, 1.54) is 6.42 Å². The Labute approximate surface area is 164 Å². The third kappa shape index (κ3) is 3.87. The Kier molecular flexibility index (Phi) is 6.48. The fraction of sp³-hybridized carbons (Fsp3) is 0.600. The zero-order valence-corrected chi connectivity index (χ0v) is 17.6. The molecule has 0 aliphatic carbocycles. The van der Waals surface area contributed by atoms with E-state index in [0.717, 1.165) is 61.4 Å². The van der Waals surface area contributed by atoms with Gasteiger partial charge in [-0.3, -0.25) is 14.3 Å². The number of likely N-dealkylation sites (N-methyl/N-ethyl adjacent to an activating group) is 1. The summed E-state index contributed by atoms with van der Waals surface area (Å²) in [4.78, 5) is 22.8. The highest BCUT2D eigenvalue weighted by Gasteiger charge is 2.29. The van der Waals surface area contributed by atoms with Crippen LogP contribution in [0.5, 0.6) is 0 Å². The zero-order chi connectivity index (χ0) is 18.7. The summed E-state index contributed by atoms with van der Waals surface area (Å²) in [6.07, 6.45) is 3.32. The summed E-state index contributed by atoms with van der Waals surface area (Å²) in [5.41, 5.74) is 0.918. The smallest absolute Gasteiger partial charge is 0.261 e. The first-order chi connectivity index (χ1) is 12.6. The number of hydrogen-bond donors (Lipinski definition) is 0. The molecule has 0 radical (unpaired) electrons. The van der Waals surface area contributed by atoms with E-state index in [1.807, 2.05) is 36.6 Å². The summed E-state index contributed by atoms with van der Waals surface area (Å²) >= 11 is 3.46. The number of halogens is 1. The van der Waals surface area contributed by atoms with Crippen molar-refractivity contribution in [3.8, 4) is 0 Å². The lowest BCUT2D eigenvalue weighted by Crippen LogP contribution is -2.40. The maximum absolute atomic E-state index is 12.9. The van der Waals surface area contributed by atoms with E-state index < -0.39 is 0 Å². The molecule has 4 rings (SSSR count). The van der Waals surface area contributed by atoms with Crippen LogP contribution in [0.3, 0.4) is 0 Å². The zero-order valence-electron chi connectivity index (χ0n) is 16.0. The van der Waals surface area contributed by atoms with Crippen molar-refractivity contribution in [2.24, 2.45) is 0 Å². The Balaban J connectivity index is 0.000000948. The second kappa shape index (κ2) is 8.63. The van der Waals surface area contributed by atoms with Crippen molar-refractivity contribution in [1.29, 1.82) is 0 Å². The molecule has 2 aliphatic rings. The van der Waals surface area contributed by atoms with Gasteiger partial charge >= 0.3 is 0 Å². The van der Waals surface area contributed by atoms with Crippen LogP contribution in [-0.4, -0.2) is 52.6 Å². The Bertz CT molecular complexity index is 819. The van der Waals surface area contributed by atoms with E-state index in [0.29, 0.717) is 5.39 Å². The highest BCUT2D eigenvalue weighted by atomic mass is 79.9. The van der Waals surface area contributed by atoms with Crippen LogP contribution in [0.25, 0.3) is 10.9 Å². The first-order valence-corrected chi connectivity index (χ1v) is 10.6. The van der Waals surface area contributed by atoms with Gasteiger partial charge in [0.15, 0.2) is 0 Å². The van der Waals surface area contributed by atoms with Gasteiger partial charge in [0.2, 0.25) is 0 Å². The third-order valence-corrected chi connectivity index (χ3v) is 5.79. The standard InChI is InChI=1S/C18H23BrN4O.C2H6/c1-21-7-3-8-22(11-10-21)16-4-2-9-23-17(16)20-15-6-5-13(19)12-14(15)18(23)24;1-2/h5-6,12,16H,2-4,7-11H2,1H3;1-2H3. The molecule has 1 aromatic carbocycles. The van der Waals surface area contributed by atoms with Crippen molar-refractivity contribution in [1.82, 2.24) is 19.4 Å². The van der Waals surface area contributed by atoms with Crippen LogP contribution in [0.2, 0.25) is 0 Å². The van der Waals surface area contributed by atoms with Gasteiger partial charge in [-0.2, -0.15) is 0 Å². The lowest BCUT2D eigenvalue weighted by molar-refractivity contribution is 0.163. The lowest BCUT2D eigenvalue weighted by atomic mass is 10.0. The minimum atomic E-state index is 0.105. The molecular weight excluding hydrogens is 392 g/mol. The molecule has 1 atom stereocenters. The second-order valence-corrected chi connectivity index (χ2v) is 7.85. The molecule has 1 unspecified atom stereocenters. The molecule has 0 amide bonds. The molecule has 0 bridgehead atoms. The van der Waals surface area contributed by atoms with E-state index in [9.17, 15) is 4.79 Å². The van der Waals surface area contributed by atoms with Crippen LogP contribution < -0.4 is 5.56 Å². The molecule has 2 aliphatic heterocycles. The van der Waals surface area contributed by atoms with Gasteiger partial charge < -0.3 is 4.90 Å². The van der Waals surface area contributed by atoms with Crippen molar-refractivity contribution in [2.45, 2.75) is 45.7 Å². The van der Waals surface area contributed by atoms with E-state index in [2.05, 4.69) is 32.8 Å². The molecule has 0 saturated carbocycles. The number of aromatic nitrogens is 2. The van der Waals surface area contributed by atoms with E-state index in [1.54, 1.807) is 0 Å². The summed E-state index contributed by atoms with van der Waals surface area (Å²) in [5, 5.41) is 0.712. The molecule has 1 fully saturated rings. The van der Waals surface area contributed by atoms with Gasteiger partial charge in [0, 0.05) is 30.7 Å². The normalized spacial score (nSPS) is 21.6. The number of nitrogens with zero attached hydrogens (tertiary/aromatic N) is 4. The SMILES string of the molecule is CC.CN1CCCN(C2CCCn3c2nc2ccc(Br)cc2c3=O)CC1. The van der Waals surface area contributed by atoms with Crippen LogP contribution in [0.1, 0.15) is 45.0 Å². The van der Waals surface area contributed by atoms with Crippen LogP contribution in [0, 0.1) is 0 Å². The molecule has 6 heteroatoms. The van der Waals surface area contributed by atoms with Gasteiger partial charge in [0.25, 0.3) is 5.56 Å². The quantitative estimate of drug-likeness (QED) is 0.705. The molecule has 3 heterocycles. The van der Waals surface area contributed by atoms with Gasteiger partial charge in [0.05, 0.1) is 16.9 Å². The first kappa shape index (κ1) is 19.5. The minimum Gasteiger partial charge on any atom is -0.305 e. The maximum Gasteiger partial charge on any atom is 0.261 e. The molecular formula is C20H29BrN4O. The van der Waals surface area contributed by atoms with Gasteiger partial charge in [-0.1, -0.05) is 29.8 Å². The fourth-order valence-corrected chi connectivity index (χ4v) is 4.34. The van der Waals surface area contributed by atoms with Gasteiger partial charge in [0.1, 0.15) is 5.82 Å². The molecule has 0 N–H and O–H groups in total. The van der Waals surface area contributed by atoms with Crippen LogP contribution in [0.4, 0.5) is 0 Å². The van der Waals surface area contributed by atoms with Gasteiger partial charge in [-0.25, -0.2) is 4.98 Å². The predicted molar refractivity (Wildman–Crippen MR) is 111 cm³/mol. The van der Waals surface area contributed by atoms with E-state index >= 15 is 0 Å².